The van der Waals surface area contributed by atoms with E-state index in [0.717, 1.165) is 35.5 Å². The number of rotatable bonds is 7. The molecule has 0 radical (unpaired) electrons. The molecule has 21 heavy (non-hydrogen) atoms. The quantitative estimate of drug-likeness (QED) is 0.818. The number of hydrogen-bond donors (Lipinski definition) is 1. The van der Waals surface area contributed by atoms with Crippen LogP contribution < -0.4 is 10.1 Å². The van der Waals surface area contributed by atoms with E-state index in [1.807, 2.05) is 30.3 Å². The molecule has 4 heteroatoms. The maximum atomic E-state index is 5.38. The van der Waals surface area contributed by atoms with Gasteiger partial charge in [-0.3, -0.25) is 0 Å². The average molecular weight is 349 g/mol. The fraction of sp³-hybridized carbons (Fsp3) is 0.294. The Morgan fingerprint density at radius 3 is 2.52 bits per heavy atom. The Morgan fingerprint density at radius 1 is 1.10 bits per heavy atom. The maximum Gasteiger partial charge on any atom is 0.123 e. The first-order valence-electron chi connectivity index (χ1n) is 6.99. The van der Waals surface area contributed by atoms with E-state index in [4.69, 9.17) is 4.74 Å². The van der Waals surface area contributed by atoms with Gasteiger partial charge in [-0.25, -0.2) is 0 Å². The van der Waals surface area contributed by atoms with Crippen molar-refractivity contribution in [3.63, 3.8) is 0 Å². The highest BCUT2D eigenvalue weighted by molar-refractivity contribution is 9.10. The van der Waals surface area contributed by atoms with Crippen LogP contribution in [0.2, 0.25) is 0 Å². The van der Waals surface area contributed by atoms with Gasteiger partial charge in [0.15, 0.2) is 0 Å². The molecule has 0 fully saturated rings. The van der Waals surface area contributed by atoms with Gasteiger partial charge in [0, 0.05) is 35.4 Å². The number of nitrogens with one attached hydrogen (secondary N) is 1. The summed E-state index contributed by atoms with van der Waals surface area (Å²) in [5.74, 6) is 0.949. The topological polar surface area (TPSA) is 24.5 Å². The molecular formula is C17H21BrN2O. The highest BCUT2D eigenvalue weighted by Crippen LogP contribution is 2.18. The van der Waals surface area contributed by atoms with Gasteiger partial charge in [0.25, 0.3) is 0 Å². The van der Waals surface area contributed by atoms with Gasteiger partial charge in [0.1, 0.15) is 5.75 Å². The lowest BCUT2D eigenvalue weighted by Crippen LogP contribution is -2.25. The lowest BCUT2D eigenvalue weighted by molar-refractivity contribution is 0.328. The van der Waals surface area contributed by atoms with Crippen molar-refractivity contribution in [1.82, 2.24) is 4.90 Å². The number of para-hydroxylation sites is 1. The van der Waals surface area contributed by atoms with E-state index >= 15 is 0 Å². The standard InChI is InChI=1S/C17H21BrN2O/c1-20(13-14-5-3-4-6-17(14)21-2)12-11-19-16-9-7-15(18)8-10-16/h3-10,19H,11-13H2,1-2H3. The highest BCUT2D eigenvalue weighted by atomic mass is 79.9. The Balaban J connectivity index is 1.79. The molecule has 3 nitrogen and oxygen atoms in total. The summed E-state index contributed by atoms with van der Waals surface area (Å²) in [6.07, 6.45) is 0. The molecule has 0 aliphatic rings. The molecule has 1 N–H and O–H groups in total. The Kier molecular flexibility index (Phi) is 6.08. The highest BCUT2D eigenvalue weighted by Gasteiger charge is 2.05. The Morgan fingerprint density at radius 2 is 1.81 bits per heavy atom. The normalized spacial score (nSPS) is 10.7. The smallest absolute Gasteiger partial charge is 0.123 e. The molecule has 0 spiro atoms. The summed E-state index contributed by atoms with van der Waals surface area (Å²) < 4.78 is 6.48. The van der Waals surface area contributed by atoms with Crippen LogP contribution in [0.25, 0.3) is 0 Å². The maximum absolute atomic E-state index is 5.38. The van der Waals surface area contributed by atoms with Crippen molar-refractivity contribution in [2.45, 2.75) is 6.54 Å². The minimum atomic E-state index is 0.881. The molecule has 2 rings (SSSR count). The molecule has 112 valence electrons. The largest absolute Gasteiger partial charge is 0.496 e. The molecule has 0 aromatic heterocycles. The zero-order chi connectivity index (χ0) is 15.1. The van der Waals surface area contributed by atoms with Crippen LogP contribution in [0.1, 0.15) is 5.56 Å². The summed E-state index contributed by atoms with van der Waals surface area (Å²) in [6.45, 7) is 2.76. The van der Waals surface area contributed by atoms with Crippen LogP contribution in [-0.4, -0.2) is 32.1 Å². The van der Waals surface area contributed by atoms with Crippen LogP contribution in [0.15, 0.2) is 53.0 Å². The van der Waals surface area contributed by atoms with Gasteiger partial charge in [-0.15, -0.1) is 0 Å². The third kappa shape index (κ3) is 5.06. The van der Waals surface area contributed by atoms with Crippen LogP contribution in [0, 0.1) is 0 Å². The molecule has 0 amide bonds. The van der Waals surface area contributed by atoms with E-state index in [9.17, 15) is 0 Å². The summed E-state index contributed by atoms with van der Waals surface area (Å²) >= 11 is 3.44. The molecule has 2 aromatic rings. The molecule has 0 saturated carbocycles. The number of methoxy groups -OCH3 is 1. The number of anilines is 1. The van der Waals surface area contributed by atoms with Crippen molar-refractivity contribution in [2.75, 3.05) is 32.6 Å². The first kappa shape index (κ1) is 15.9. The van der Waals surface area contributed by atoms with Crippen molar-refractivity contribution in [2.24, 2.45) is 0 Å². The third-order valence-corrected chi connectivity index (χ3v) is 3.83. The van der Waals surface area contributed by atoms with Gasteiger partial charge in [0.05, 0.1) is 7.11 Å². The Bertz CT molecular complexity index is 557. The average Bonchev–Trinajstić information content (AvgIpc) is 2.50. The summed E-state index contributed by atoms with van der Waals surface area (Å²) in [7, 11) is 3.84. The lowest BCUT2D eigenvalue weighted by atomic mass is 10.2. The van der Waals surface area contributed by atoms with Crippen LogP contribution in [0.5, 0.6) is 5.75 Å². The van der Waals surface area contributed by atoms with Gasteiger partial charge in [-0.05, 0) is 37.4 Å². The van der Waals surface area contributed by atoms with Crippen LogP contribution in [0.4, 0.5) is 5.69 Å². The number of hydrogen-bond acceptors (Lipinski definition) is 3. The minimum Gasteiger partial charge on any atom is -0.496 e. The number of ether oxygens (including phenoxy) is 1. The summed E-state index contributed by atoms with van der Waals surface area (Å²) in [5, 5.41) is 3.42. The van der Waals surface area contributed by atoms with E-state index in [1.165, 1.54) is 5.56 Å². The first-order chi connectivity index (χ1) is 10.2. The second-order valence-corrected chi connectivity index (χ2v) is 5.90. The molecular weight excluding hydrogens is 328 g/mol. The Labute approximate surface area is 135 Å². The summed E-state index contributed by atoms with van der Waals surface area (Å²) in [6, 6.07) is 16.4. The lowest BCUT2D eigenvalue weighted by Gasteiger charge is -2.19. The molecule has 0 aliphatic heterocycles. The molecule has 0 saturated heterocycles. The van der Waals surface area contributed by atoms with E-state index in [-0.39, 0.29) is 0 Å². The zero-order valence-corrected chi connectivity index (χ0v) is 14.1. The molecule has 2 aromatic carbocycles. The van der Waals surface area contributed by atoms with Crippen LogP contribution in [0.3, 0.4) is 0 Å². The fourth-order valence-corrected chi connectivity index (χ4v) is 2.43. The van der Waals surface area contributed by atoms with Gasteiger partial charge in [0.2, 0.25) is 0 Å². The van der Waals surface area contributed by atoms with Crippen LogP contribution >= 0.6 is 15.9 Å². The van der Waals surface area contributed by atoms with Gasteiger partial charge >= 0.3 is 0 Å². The SMILES string of the molecule is COc1ccccc1CN(C)CCNc1ccc(Br)cc1. The third-order valence-electron chi connectivity index (χ3n) is 3.30. The summed E-state index contributed by atoms with van der Waals surface area (Å²) in [4.78, 5) is 2.28. The fourth-order valence-electron chi connectivity index (χ4n) is 2.16. The number of halogens is 1. The van der Waals surface area contributed by atoms with Crippen molar-refractivity contribution in [1.29, 1.82) is 0 Å². The van der Waals surface area contributed by atoms with Crippen molar-refractivity contribution in [3.8, 4) is 5.75 Å². The molecule has 0 atom stereocenters. The van der Waals surface area contributed by atoms with Gasteiger partial charge < -0.3 is 15.0 Å². The number of likely N-dealkylation sites (N-methyl/N-ethyl adjacent to an activating group) is 1. The zero-order valence-electron chi connectivity index (χ0n) is 12.5. The molecule has 0 unspecified atom stereocenters. The first-order valence-corrected chi connectivity index (χ1v) is 7.78. The monoisotopic (exact) mass is 348 g/mol. The number of benzene rings is 2. The second-order valence-electron chi connectivity index (χ2n) is 4.98. The van der Waals surface area contributed by atoms with Crippen molar-refractivity contribution in [3.05, 3.63) is 58.6 Å². The molecule has 0 aliphatic carbocycles. The molecule has 0 bridgehead atoms. The minimum absolute atomic E-state index is 0.881. The van der Waals surface area contributed by atoms with Gasteiger partial charge in [-0.2, -0.15) is 0 Å². The van der Waals surface area contributed by atoms with E-state index < -0.39 is 0 Å². The predicted molar refractivity (Wildman–Crippen MR) is 92.0 cm³/mol. The van der Waals surface area contributed by atoms with Gasteiger partial charge in [-0.1, -0.05) is 34.1 Å². The second kappa shape index (κ2) is 8.05. The molecule has 0 heterocycles. The van der Waals surface area contributed by atoms with E-state index in [1.54, 1.807) is 7.11 Å². The van der Waals surface area contributed by atoms with Crippen molar-refractivity contribution < 1.29 is 4.74 Å². The predicted octanol–water partition coefficient (Wildman–Crippen LogP) is 4.00. The van der Waals surface area contributed by atoms with Crippen LogP contribution in [-0.2, 0) is 6.54 Å². The Hall–Kier alpha value is -1.52. The van der Waals surface area contributed by atoms with Crippen molar-refractivity contribution >= 4 is 21.6 Å². The van der Waals surface area contributed by atoms with E-state index in [0.29, 0.717) is 0 Å². The van der Waals surface area contributed by atoms with E-state index in [2.05, 4.69) is 51.4 Å². The summed E-state index contributed by atoms with van der Waals surface area (Å²) in [5.41, 5.74) is 2.36. The number of nitrogens with zero attached hydrogens (tertiary/aromatic N) is 1.